The van der Waals surface area contributed by atoms with E-state index in [-0.39, 0.29) is 17.5 Å². The minimum atomic E-state index is -0.562. The lowest BCUT2D eigenvalue weighted by Crippen LogP contribution is -2.33. The smallest absolute Gasteiger partial charge is 0.410 e. The summed E-state index contributed by atoms with van der Waals surface area (Å²) in [6.07, 6.45) is 0.0886. The summed E-state index contributed by atoms with van der Waals surface area (Å²) in [6.45, 7) is 0.384. The lowest BCUT2D eigenvalue weighted by molar-refractivity contribution is -0.384. The first-order valence-electron chi connectivity index (χ1n) is 14.2. The Labute approximate surface area is 258 Å². The number of nitro benzene ring substituents is 1. The predicted octanol–water partition coefficient (Wildman–Crippen LogP) is 6.30. The Hall–Kier alpha value is -5.03. The number of tetrazole rings is 1. The number of carbonyl (C=O) groups is 1. The van der Waals surface area contributed by atoms with Crippen molar-refractivity contribution in [2.24, 2.45) is 7.05 Å². The van der Waals surface area contributed by atoms with Crippen LogP contribution >= 0.6 is 11.8 Å². The highest BCUT2D eigenvalue weighted by atomic mass is 32.2. The quantitative estimate of drug-likeness (QED) is 0.109. The molecule has 1 fully saturated rings. The average Bonchev–Trinajstić information content (AvgIpc) is 3.70. The number of likely N-dealkylation sites (tertiary alicyclic amines) is 1. The molecule has 1 amide bonds. The fourth-order valence-electron chi connectivity index (χ4n) is 5.68. The summed E-state index contributed by atoms with van der Waals surface area (Å²) in [5, 5.41) is 23.7. The van der Waals surface area contributed by atoms with Crippen molar-refractivity contribution in [2.75, 3.05) is 6.54 Å². The Kier molecular flexibility index (Phi) is 8.38. The lowest BCUT2D eigenvalue weighted by atomic mass is 9.84. The standard InChI is InChI=1S/C33H30N6O4S/c1-37-35-31(34-36-37)30-21-29(22-38(30)32(40)43-23-24-17-19-28(20-18-24)39(41)42)44-33(25-11-5-2-6-12-25,26-13-7-3-8-14-26)27-15-9-4-10-16-27/h2-20,29-30H,21-23H2,1H3/t29-,30-/m0/s1. The van der Waals surface area contributed by atoms with Crippen molar-refractivity contribution in [3.05, 3.63) is 153 Å². The van der Waals surface area contributed by atoms with E-state index in [0.717, 1.165) is 16.7 Å². The molecule has 0 N–H and O–H groups in total. The van der Waals surface area contributed by atoms with Gasteiger partial charge >= 0.3 is 6.09 Å². The molecule has 0 aliphatic carbocycles. The Balaban J connectivity index is 1.33. The summed E-state index contributed by atoms with van der Waals surface area (Å²) in [5.41, 5.74) is 4.04. The summed E-state index contributed by atoms with van der Waals surface area (Å²) < 4.78 is 5.17. The number of nitro groups is 1. The summed E-state index contributed by atoms with van der Waals surface area (Å²) in [4.78, 5) is 27.2. The zero-order valence-electron chi connectivity index (χ0n) is 24.0. The van der Waals surface area contributed by atoms with Gasteiger partial charge in [-0.3, -0.25) is 15.0 Å². The van der Waals surface area contributed by atoms with Crippen molar-refractivity contribution >= 4 is 23.5 Å². The molecule has 5 aromatic rings. The van der Waals surface area contributed by atoms with Crippen LogP contribution in [0.2, 0.25) is 0 Å². The number of carbonyl (C=O) groups excluding carboxylic acids is 1. The van der Waals surface area contributed by atoms with Gasteiger partial charge in [0.2, 0.25) is 0 Å². The Morgan fingerprint density at radius 1 is 0.909 bits per heavy atom. The van der Waals surface area contributed by atoms with Crippen LogP contribution in [-0.4, -0.2) is 47.9 Å². The van der Waals surface area contributed by atoms with Crippen molar-refractivity contribution in [1.82, 2.24) is 25.1 Å². The van der Waals surface area contributed by atoms with Gasteiger partial charge in [-0.25, -0.2) is 4.79 Å². The first-order chi connectivity index (χ1) is 21.4. The Morgan fingerprint density at radius 3 is 1.93 bits per heavy atom. The first kappa shape index (κ1) is 29.1. The van der Waals surface area contributed by atoms with E-state index >= 15 is 0 Å². The molecule has 2 atom stereocenters. The van der Waals surface area contributed by atoms with E-state index in [1.807, 2.05) is 30.0 Å². The van der Waals surface area contributed by atoms with Gasteiger partial charge in [0.1, 0.15) is 12.6 Å². The number of aryl methyl sites for hydroxylation is 1. The molecule has 0 saturated carbocycles. The molecule has 1 aromatic heterocycles. The number of nitrogens with zero attached hydrogens (tertiary/aromatic N) is 6. The molecule has 4 aromatic carbocycles. The average molecular weight is 607 g/mol. The fourth-order valence-corrected chi connectivity index (χ4v) is 7.51. The second-order valence-corrected chi connectivity index (χ2v) is 12.1. The lowest BCUT2D eigenvalue weighted by Gasteiger charge is -2.37. The number of amides is 1. The number of thioether (sulfide) groups is 1. The van der Waals surface area contributed by atoms with Crippen LogP contribution in [0.5, 0.6) is 0 Å². The number of benzene rings is 4. The highest BCUT2D eigenvalue weighted by Crippen LogP contribution is 2.53. The van der Waals surface area contributed by atoms with Crippen molar-refractivity contribution < 1.29 is 14.5 Å². The van der Waals surface area contributed by atoms with E-state index in [4.69, 9.17) is 4.74 Å². The zero-order valence-corrected chi connectivity index (χ0v) is 24.8. The molecule has 0 radical (unpaired) electrons. The van der Waals surface area contributed by atoms with Crippen molar-refractivity contribution in [3.63, 3.8) is 0 Å². The van der Waals surface area contributed by atoms with Gasteiger partial charge in [-0.05, 0) is 46.0 Å². The SMILES string of the molecule is Cn1nnc([C@@H]2C[C@H](SC(c3ccccc3)(c3ccccc3)c3ccccc3)CN2C(=O)OCc2ccc([N+](=O)[O-])cc2)n1. The summed E-state index contributed by atoms with van der Waals surface area (Å²) in [5.74, 6) is 0.451. The Morgan fingerprint density at radius 2 is 1.45 bits per heavy atom. The van der Waals surface area contributed by atoms with Crippen molar-refractivity contribution in [1.29, 1.82) is 0 Å². The van der Waals surface area contributed by atoms with Crippen LogP contribution in [0.3, 0.4) is 0 Å². The van der Waals surface area contributed by atoms with Gasteiger partial charge in [0, 0.05) is 23.9 Å². The molecule has 10 nitrogen and oxygen atoms in total. The van der Waals surface area contributed by atoms with E-state index in [2.05, 4.69) is 88.2 Å². The van der Waals surface area contributed by atoms with Crippen LogP contribution in [0.15, 0.2) is 115 Å². The van der Waals surface area contributed by atoms with Gasteiger partial charge < -0.3 is 4.74 Å². The molecular weight excluding hydrogens is 576 g/mol. The number of hydrogen-bond donors (Lipinski definition) is 0. The molecule has 44 heavy (non-hydrogen) atoms. The Bertz CT molecular complexity index is 1620. The first-order valence-corrected chi connectivity index (χ1v) is 15.1. The number of rotatable bonds is 9. The maximum Gasteiger partial charge on any atom is 0.410 e. The highest BCUT2D eigenvalue weighted by Gasteiger charge is 2.46. The van der Waals surface area contributed by atoms with Gasteiger partial charge in [-0.1, -0.05) is 91.0 Å². The minimum absolute atomic E-state index is 0.0173. The van der Waals surface area contributed by atoms with Gasteiger partial charge in [0.15, 0.2) is 5.82 Å². The second-order valence-electron chi connectivity index (χ2n) is 10.5. The molecule has 0 unspecified atom stereocenters. The maximum atomic E-state index is 13.6. The van der Waals surface area contributed by atoms with Crippen LogP contribution in [0.1, 0.15) is 40.5 Å². The van der Waals surface area contributed by atoms with Gasteiger partial charge in [-0.15, -0.1) is 22.0 Å². The number of aromatic nitrogens is 4. The van der Waals surface area contributed by atoms with E-state index in [9.17, 15) is 14.9 Å². The van der Waals surface area contributed by atoms with Crippen LogP contribution in [0.25, 0.3) is 0 Å². The third-order valence-electron chi connectivity index (χ3n) is 7.71. The van der Waals surface area contributed by atoms with Crippen LogP contribution in [0.4, 0.5) is 10.5 Å². The molecule has 0 spiro atoms. The molecule has 1 saturated heterocycles. The zero-order chi connectivity index (χ0) is 30.5. The minimum Gasteiger partial charge on any atom is -0.445 e. The van der Waals surface area contributed by atoms with E-state index in [1.165, 1.54) is 16.9 Å². The number of ether oxygens (including phenoxy) is 1. The summed E-state index contributed by atoms with van der Waals surface area (Å²) in [6, 6.07) is 36.8. The third-order valence-corrected chi connectivity index (χ3v) is 9.45. The maximum absolute atomic E-state index is 13.6. The summed E-state index contributed by atoms with van der Waals surface area (Å²) in [7, 11) is 1.69. The number of hydrogen-bond acceptors (Lipinski definition) is 8. The van der Waals surface area contributed by atoms with Crippen LogP contribution < -0.4 is 0 Å². The summed E-state index contributed by atoms with van der Waals surface area (Å²) >= 11 is 1.81. The topological polar surface area (TPSA) is 116 Å². The molecule has 1 aliphatic heterocycles. The number of non-ortho nitro benzene ring substituents is 1. The third kappa shape index (κ3) is 5.91. The van der Waals surface area contributed by atoms with Crippen molar-refractivity contribution in [3.8, 4) is 0 Å². The fraction of sp³-hybridized carbons (Fsp3) is 0.212. The van der Waals surface area contributed by atoms with Crippen LogP contribution in [0, 0.1) is 10.1 Å². The van der Waals surface area contributed by atoms with Gasteiger partial charge in [-0.2, -0.15) is 4.80 Å². The van der Waals surface area contributed by atoms with Crippen molar-refractivity contribution in [2.45, 2.75) is 29.1 Å². The van der Waals surface area contributed by atoms with E-state index in [1.54, 1.807) is 24.1 Å². The van der Waals surface area contributed by atoms with Crippen LogP contribution in [-0.2, 0) is 23.1 Å². The monoisotopic (exact) mass is 606 g/mol. The van der Waals surface area contributed by atoms with Gasteiger partial charge in [0.05, 0.1) is 16.7 Å². The molecule has 6 rings (SSSR count). The molecule has 1 aliphatic rings. The molecule has 11 heteroatoms. The molecule has 2 heterocycles. The normalized spacial score (nSPS) is 16.5. The molecule has 0 bridgehead atoms. The molecular formula is C33H30N6O4S. The predicted molar refractivity (Wildman–Crippen MR) is 167 cm³/mol. The molecule has 222 valence electrons. The van der Waals surface area contributed by atoms with E-state index in [0.29, 0.717) is 24.4 Å². The highest BCUT2D eigenvalue weighted by molar-refractivity contribution is 8.01. The van der Waals surface area contributed by atoms with Gasteiger partial charge in [0.25, 0.3) is 5.69 Å². The largest absolute Gasteiger partial charge is 0.445 e. The second kappa shape index (κ2) is 12.7. The van der Waals surface area contributed by atoms with E-state index < -0.39 is 21.8 Å².